The Hall–Kier alpha value is -1.38. The van der Waals surface area contributed by atoms with Crippen molar-refractivity contribution in [3.05, 3.63) is 70.0 Å². The maximum Gasteiger partial charge on any atom is 0.124 e. The van der Waals surface area contributed by atoms with Crippen LogP contribution in [0, 0.1) is 5.82 Å². The molecule has 0 radical (unpaired) electrons. The zero-order valence-electron chi connectivity index (χ0n) is 10.5. The third-order valence-corrected chi connectivity index (χ3v) is 4.27. The number of aryl methyl sites for hydroxylation is 1. The lowest BCUT2D eigenvalue weighted by molar-refractivity contribution is 0.438. The first-order chi connectivity index (χ1) is 9.08. The first-order valence-electron chi connectivity index (χ1n) is 6.40. The van der Waals surface area contributed by atoms with Crippen LogP contribution in [0.15, 0.2) is 42.5 Å². The SMILES string of the molecule is NC1(Cc2ccc(F)cc2Cl)CCc2ccccc21. The Morgan fingerprint density at radius 1 is 1.21 bits per heavy atom. The molecule has 0 aromatic heterocycles. The lowest BCUT2D eigenvalue weighted by Gasteiger charge is -2.26. The number of rotatable bonds is 2. The fraction of sp³-hybridized carbons (Fsp3) is 0.250. The van der Waals surface area contributed by atoms with E-state index < -0.39 is 5.54 Å². The summed E-state index contributed by atoms with van der Waals surface area (Å²) >= 11 is 6.10. The van der Waals surface area contributed by atoms with E-state index in [1.807, 2.05) is 12.1 Å². The molecular formula is C16H15ClFN. The highest BCUT2D eigenvalue weighted by atomic mass is 35.5. The average Bonchev–Trinajstić information content (AvgIpc) is 2.72. The van der Waals surface area contributed by atoms with Crippen LogP contribution in [0.25, 0.3) is 0 Å². The Morgan fingerprint density at radius 3 is 2.79 bits per heavy atom. The average molecular weight is 276 g/mol. The Bertz CT molecular complexity index is 626. The quantitative estimate of drug-likeness (QED) is 0.886. The minimum Gasteiger partial charge on any atom is -0.321 e. The van der Waals surface area contributed by atoms with Crippen molar-refractivity contribution in [2.75, 3.05) is 0 Å². The van der Waals surface area contributed by atoms with Gasteiger partial charge in [-0.15, -0.1) is 0 Å². The summed E-state index contributed by atoms with van der Waals surface area (Å²) in [5.41, 5.74) is 9.57. The molecule has 1 nitrogen and oxygen atoms in total. The van der Waals surface area contributed by atoms with Gasteiger partial charge in [0.1, 0.15) is 5.82 Å². The Morgan fingerprint density at radius 2 is 2.00 bits per heavy atom. The van der Waals surface area contributed by atoms with E-state index in [2.05, 4.69) is 12.1 Å². The highest BCUT2D eigenvalue weighted by molar-refractivity contribution is 6.31. The molecule has 1 aliphatic rings. The van der Waals surface area contributed by atoms with E-state index >= 15 is 0 Å². The van der Waals surface area contributed by atoms with Gasteiger partial charge in [0.25, 0.3) is 0 Å². The van der Waals surface area contributed by atoms with Gasteiger partial charge in [-0.3, -0.25) is 0 Å². The first kappa shape index (κ1) is 12.6. The van der Waals surface area contributed by atoms with E-state index in [1.54, 1.807) is 6.07 Å². The molecule has 0 aliphatic heterocycles. The maximum absolute atomic E-state index is 13.1. The van der Waals surface area contributed by atoms with Crippen molar-refractivity contribution in [1.82, 2.24) is 0 Å². The van der Waals surface area contributed by atoms with Crippen molar-refractivity contribution >= 4 is 11.6 Å². The first-order valence-corrected chi connectivity index (χ1v) is 6.77. The molecule has 0 bridgehead atoms. The highest BCUT2D eigenvalue weighted by Gasteiger charge is 2.35. The number of halogens is 2. The van der Waals surface area contributed by atoms with Gasteiger partial charge in [0.05, 0.1) is 0 Å². The van der Waals surface area contributed by atoms with Crippen LogP contribution in [0.3, 0.4) is 0 Å². The molecule has 0 amide bonds. The van der Waals surface area contributed by atoms with Gasteiger partial charge in [0.2, 0.25) is 0 Å². The lowest BCUT2D eigenvalue weighted by Crippen LogP contribution is -2.36. The summed E-state index contributed by atoms with van der Waals surface area (Å²) in [4.78, 5) is 0. The number of benzene rings is 2. The molecule has 98 valence electrons. The predicted molar refractivity (Wildman–Crippen MR) is 75.7 cm³/mol. The van der Waals surface area contributed by atoms with Crippen molar-refractivity contribution in [3.8, 4) is 0 Å². The predicted octanol–water partition coefficient (Wildman–Crippen LogP) is 3.82. The molecule has 3 heteroatoms. The Balaban J connectivity index is 1.95. The molecule has 0 spiro atoms. The largest absolute Gasteiger partial charge is 0.321 e. The maximum atomic E-state index is 13.1. The normalized spacial score (nSPS) is 21.4. The zero-order chi connectivity index (χ0) is 13.5. The second-order valence-corrected chi connectivity index (χ2v) is 5.63. The summed E-state index contributed by atoms with van der Waals surface area (Å²) in [6.45, 7) is 0. The van der Waals surface area contributed by atoms with Gasteiger partial charge in [-0.05, 0) is 48.1 Å². The molecule has 2 N–H and O–H groups in total. The van der Waals surface area contributed by atoms with Gasteiger partial charge >= 0.3 is 0 Å². The minimum absolute atomic E-state index is 0.313. The molecule has 19 heavy (non-hydrogen) atoms. The number of nitrogens with two attached hydrogens (primary N) is 1. The molecule has 2 aromatic rings. The second-order valence-electron chi connectivity index (χ2n) is 5.23. The van der Waals surface area contributed by atoms with Crippen LogP contribution in [0.5, 0.6) is 0 Å². The van der Waals surface area contributed by atoms with Crippen LogP contribution >= 0.6 is 11.6 Å². The molecule has 3 rings (SSSR count). The zero-order valence-corrected chi connectivity index (χ0v) is 11.3. The van der Waals surface area contributed by atoms with Crippen molar-refractivity contribution < 1.29 is 4.39 Å². The fourth-order valence-corrected chi connectivity index (χ4v) is 3.14. The summed E-state index contributed by atoms with van der Waals surface area (Å²) in [6.07, 6.45) is 2.54. The van der Waals surface area contributed by atoms with Gasteiger partial charge in [-0.25, -0.2) is 4.39 Å². The Labute approximate surface area is 117 Å². The smallest absolute Gasteiger partial charge is 0.124 e. The van der Waals surface area contributed by atoms with Gasteiger partial charge in [0, 0.05) is 10.6 Å². The number of fused-ring (bicyclic) bond motifs is 1. The molecule has 0 saturated carbocycles. The molecule has 1 aliphatic carbocycles. The second kappa shape index (κ2) is 4.62. The van der Waals surface area contributed by atoms with E-state index in [4.69, 9.17) is 17.3 Å². The van der Waals surface area contributed by atoms with E-state index in [9.17, 15) is 4.39 Å². The van der Waals surface area contributed by atoms with Crippen molar-refractivity contribution in [1.29, 1.82) is 0 Å². The van der Waals surface area contributed by atoms with Gasteiger partial charge in [0.15, 0.2) is 0 Å². The standard InChI is InChI=1S/C16H15ClFN/c17-15-9-13(18)6-5-12(15)10-16(19)8-7-11-3-1-2-4-14(11)16/h1-6,9H,7-8,10,19H2. The summed E-state index contributed by atoms with van der Waals surface area (Å²) in [6, 6.07) is 12.8. The molecule has 1 unspecified atom stereocenters. The number of hydrogen-bond acceptors (Lipinski definition) is 1. The number of hydrogen-bond donors (Lipinski definition) is 1. The van der Waals surface area contributed by atoms with Crippen molar-refractivity contribution in [2.45, 2.75) is 24.8 Å². The topological polar surface area (TPSA) is 26.0 Å². The van der Waals surface area contributed by atoms with Crippen LogP contribution in [0.1, 0.15) is 23.1 Å². The summed E-state index contributed by atoms with van der Waals surface area (Å²) < 4.78 is 13.1. The molecule has 0 saturated heterocycles. The Kier molecular flexibility index (Phi) is 3.08. The van der Waals surface area contributed by atoms with E-state index in [0.717, 1.165) is 18.4 Å². The van der Waals surface area contributed by atoms with Crippen LogP contribution in [-0.2, 0) is 18.4 Å². The molecule has 1 atom stereocenters. The van der Waals surface area contributed by atoms with Gasteiger partial charge < -0.3 is 5.73 Å². The third kappa shape index (κ3) is 2.26. The summed E-state index contributed by atoms with van der Waals surface area (Å²) in [5, 5.41) is 0.453. The molecular weight excluding hydrogens is 261 g/mol. The lowest BCUT2D eigenvalue weighted by atomic mass is 9.86. The van der Waals surface area contributed by atoms with E-state index in [1.165, 1.54) is 23.3 Å². The summed E-state index contributed by atoms with van der Waals surface area (Å²) in [7, 11) is 0. The monoisotopic (exact) mass is 275 g/mol. The third-order valence-electron chi connectivity index (χ3n) is 3.92. The molecule has 2 aromatic carbocycles. The van der Waals surface area contributed by atoms with Crippen LogP contribution < -0.4 is 5.73 Å². The van der Waals surface area contributed by atoms with Crippen molar-refractivity contribution in [3.63, 3.8) is 0 Å². The highest BCUT2D eigenvalue weighted by Crippen LogP contribution is 2.38. The van der Waals surface area contributed by atoms with Crippen molar-refractivity contribution in [2.24, 2.45) is 5.73 Å². The van der Waals surface area contributed by atoms with Crippen LogP contribution in [-0.4, -0.2) is 0 Å². The van der Waals surface area contributed by atoms with E-state index in [0.29, 0.717) is 11.4 Å². The molecule has 0 fully saturated rings. The minimum atomic E-state index is -0.391. The van der Waals surface area contributed by atoms with Gasteiger partial charge in [-0.2, -0.15) is 0 Å². The molecule has 0 heterocycles. The van der Waals surface area contributed by atoms with E-state index in [-0.39, 0.29) is 5.82 Å². The summed E-state index contributed by atoms with van der Waals surface area (Å²) in [5.74, 6) is -0.313. The van der Waals surface area contributed by atoms with Crippen LogP contribution in [0.4, 0.5) is 4.39 Å². The van der Waals surface area contributed by atoms with Gasteiger partial charge in [-0.1, -0.05) is 41.9 Å². The van der Waals surface area contributed by atoms with Crippen LogP contribution in [0.2, 0.25) is 5.02 Å². The fourth-order valence-electron chi connectivity index (χ4n) is 2.90.